The topological polar surface area (TPSA) is 63.9 Å². The van der Waals surface area contributed by atoms with Crippen LogP contribution in [0.3, 0.4) is 0 Å². The number of hydrogen-bond acceptors (Lipinski definition) is 5. The fraction of sp³-hybridized carbons (Fsp3) is 0.875. The molecule has 0 bridgehead atoms. The normalized spacial score (nSPS) is 27.3. The Kier molecular flexibility index (Phi) is 5.24. The summed E-state index contributed by atoms with van der Waals surface area (Å²) in [5.74, 6) is 1.39. The SMILES string of the molecule is CC1CC(C)CN(C(=O)C(C)Sc2nnnn2C2CCCC2)C1. The molecule has 6 nitrogen and oxygen atoms in total. The summed E-state index contributed by atoms with van der Waals surface area (Å²) < 4.78 is 1.93. The molecule has 0 N–H and O–H groups in total. The predicted molar refractivity (Wildman–Crippen MR) is 90.2 cm³/mol. The number of amides is 1. The third-order valence-corrected chi connectivity index (χ3v) is 5.98. The second kappa shape index (κ2) is 7.20. The summed E-state index contributed by atoms with van der Waals surface area (Å²) in [7, 11) is 0. The molecular formula is C16H27N5OS. The van der Waals surface area contributed by atoms with Crippen LogP contribution in [0.15, 0.2) is 5.16 Å². The predicted octanol–water partition coefficient (Wildman–Crippen LogP) is 2.77. The molecule has 3 unspecified atom stereocenters. The Balaban J connectivity index is 1.63. The van der Waals surface area contributed by atoms with E-state index in [-0.39, 0.29) is 11.2 Å². The van der Waals surface area contributed by atoms with Crippen molar-refractivity contribution in [3.8, 4) is 0 Å². The molecule has 0 radical (unpaired) electrons. The number of carbonyl (C=O) groups excluding carboxylic acids is 1. The molecule has 7 heteroatoms. The van der Waals surface area contributed by atoms with Gasteiger partial charge in [-0.05, 0) is 48.4 Å². The molecule has 0 spiro atoms. The van der Waals surface area contributed by atoms with Gasteiger partial charge in [0.1, 0.15) is 0 Å². The highest BCUT2D eigenvalue weighted by molar-refractivity contribution is 8.00. The lowest BCUT2D eigenvalue weighted by molar-refractivity contribution is -0.132. The van der Waals surface area contributed by atoms with E-state index in [1.54, 1.807) is 0 Å². The largest absolute Gasteiger partial charge is 0.341 e. The summed E-state index contributed by atoms with van der Waals surface area (Å²) in [6.45, 7) is 8.19. The molecule has 2 aliphatic rings. The van der Waals surface area contributed by atoms with Crippen molar-refractivity contribution >= 4 is 17.7 Å². The molecule has 2 fully saturated rings. The Hall–Kier alpha value is -1.11. The average Bonchev–Trinajstić information content (AvgIpc) is 3.15. The molecule has 2 heterocycles. The number of piperidine rings is 1. The van der Waals surface area contributed by atoms with Crippen molar-refractivity contribution in [1.29, 1.82) is 0 Å². The minimum absolute atomic E-state index is 0.140. The van der Waals surface area contributed by atoms with Gasteiger partial charge in [0.2, 0.25) is 11.1 Å². The average molecular weight is 337 g/mol. The molecule has 0 aromatic carbocycles. The van der Waals surface area contributed by atoms with Crippen molar-refractivity contribution in [2.45, 2.75) is 69.3 Å². The number of carbonyl (C=O) groups is 1. The van der Waals surface area contributed by atoms with E-state index in [4.69, 9.17) is 0 Å². The monoisotopic (exact) mass is 337 g/mol. The zero-order valence-electron chi connectivity index (χ0n) is 14.3. The van der Waals surface area contributed by atoms with E-state index >= 15 is 0 Å². The lowest BCUT2D eigenvalue weighted by atomic mass is 9.92. The molecule has 1 aromatic heterocycles. The molecule has 1 amide bonds. The van der Waals surface area contributed by atoms with Gasteiger partial charge in [0.05, 0.1) is 11.3 Å². The van der Waals surface area contributed by atoms with Crippen LogP contribution in [0, 0.1) is 11.8 Å². The zero-order chi connectivity index (χ0) is 16.4. The van der Waals surface area contributed by atoms with Crippen LogP contribution in [0.2, 0.25) is 0 Å². The fourth-order valence-electron chi connectivity index (χ4n) is 3.95. The van der Waals surface area contributed by atoms with Crippen molar-refractivity contribution in [2.75, 3.05) is 13.1 Å². The van der Waals surface area contributed by atoms with Crippen LogP contribution in [0.25, 0.3) is 0 Å². The lowest BCUT2D eigenvalue weighted by Crippen LogP contribution is -2.45. The van der Waals surface area contributed by atoms with Crippen molar-refractivity contribution in [1.82, 2.24) is 25.1 Å². The molecule has 1 aliphatic carbocycles. The van der Waals surface area contributed by atoms with Crippen LogP contribution >= 0.6 is 11.8 Å². The van der Waals surface area contributed by atoms with Gasteiger partial charge in [-0.2, -0.15) is 0 Å². The number of hydrogen-bond donors (Lipinski definition) is 0. The van der Waals surface area contributed by atoms with E-state index in [9.17, 15) is 4.79 Å². The molecule has 128 valence electrons. The number of thioether (sulfide) groups is 1. The van der Waals surface area contributed by atoms with Crippen molar-refractivity contribution < 1.29 is 4.79 Å². The van der Waals surface area contributed by atoms with E-state index in [1.165, 1.54) is 31.0 Å². The van der Waals surface area contributed by atoms with Crippen LogP contribution in [0.5, 0.6) is 0 Å². The first-order valence-electron chi connectivity index (χ1n) is 8.78. The third kappa shape index (κ3) is 3.87. The highest BCUT2D eigenvalue weighted by Gasteiger charge is 2.30. The van der Waals surface area contributed by atoms with Crippen molar-refractivity contribution in [3.63, 3.8) is 0 Å². The van der Waals surface area contributed by atoms with E-state index < -0.39 is 0 Å². The van der Waals surface area contributed by atoms with Gasteiger partial charge in [0, 0.05) is 13.1 Å². The Morgan fingerprint density at radius 3 is 2.52 bits per heavy atom. The molecule has 1 saturated heterocycles. The highest BCUT2D eigenvalue weighted by Crippen LogP contribution is 2.33. The second-order valence-corrected chi connectivity index (χ2v) is 8.60. The molecule has 3 atom stereocenters. The van der Waals surface area contributed by atoms with Crippen LogP contribution < -0.4 is 0 Å². The summed E-state index contributed by atoms with van der Waals surface area (Å²) >= 11 is 1.50. The summed E-state index contributed by atoms with van der Waals surface area (Å²) in [5, 5.41) is 12.8. The number of likely N-dealkylation sites (tertiary alicyclic amines) is 1. The quantitative estimate of drug-likeness (QED) is 0.791. The Bertz CT molecular complexity index is 532. The van der Waals surface area contributed by atoms with Gasteiger partial charge < -0.3 is 4.90 Å². The van der Waals surface area contributed by atoms with E-state index in [1.807, 2.05) is 16.5 Å². The zero-order valence-corrected chi connectivity index (χ0v) is 15.1. The third-order valence-electron chi connectivity index (χ3n) is 4.94. The van der Waals surface area contributed by atoms with Gasteiger partial charge in [0.15, 0.2) is 0 Å². The van der Waals surface area contributed by atoms with Gasteiger partial charge in [-0.1, -0.05) is 38.5 Å². The van der Waals surface area contributed by atoms with Gasteiger partial charge in [0.25, 0.3) is 0 Å². The summed E-state index contributed by atoms with van der Waals surface area (Å²) in [5.41, 5.74) is 0. The Morgan fingerprint density at radius 1 is 1.22 bits per heavy atom. The summed E-state index contributed by atoms with van der Waals surface area (Å²) in [6.07, 6.45) is 5.98. The maximum absolute atomic E-state index is 12.8. The molecule has 1 saturated carbocycles. The number of aromatic nitrogens is 4. The summed E-state index contributed by atoms with van der Waals surface area (Å²) in [4.78, 5) is 14.8. The van der Waals surface area contributed by atoms with Crippen LogP contribution in [-0.2, 0) is 4.79 Å². The van der Waals surface area contributed by atoms with Gasteiger partial charge in [-0.3, -0.25) is 4.79 Å². The molecule has 3 rings (SSSR count). The first-order chi connectivity index (χ1) is 11.0. The van der Waals surface area contributed by atoms with Crippen molar-refractivity contribution in [3.05, 3.63) is 0 Å². The number of nitrogens with zero attached hydrogens (tertiary/aromatic N) is 5. The number of rotatable bonds is 4. The maximum atomic E-state index is 12.8. The van der Waals surface area contributed by atoms with E-state index in [2.05, 4.69) is 29.4 Å². The van der Waals surface area contributed by atoms with Crippen LogP contribution in [0.1, 0.15) is 58.9 Å². The Morgan fingerprint density at radius 2 is 1.87 bits per heavy atom. The minimum Gasteiger partial charge on any atom is -0.341 e. The lowest BCUT2D eigenvalue weighted by Gasteiger charge is -2.36. The van der Waals surface area contributed by atoms with Gasteiger partial charge in [-0.25, -0.2) is 4.68 Å². The Labute approximate surface area is 142 Å². The van der Waals surface area contributed by atoms with Gasteiger partial charge in [-0.15, -0.1) is 5.10 Å². The molecular weight excluding hydrogens is 310 g/mol. The van der Waals surface area contributed by atoms with E-state index in [0.717, 1.165) is 31.1 Å². The number of tetrazole rings is 1. The smallest absolute Gasteiger partial charge is 0.235 e. The first-order valence-corrected chi connectivity index (χ1v) is 9.66. The van der Waals surface area contributed by atoms with Gasteiger partial charge >= 0.3 is 0 Å². The molecule has 1 aliphatic heterocycles. The minimum atomic E-state index is -0.140. The molecule has 23 heavy (non-hydrogen) atoms. The van der Waals surface area contributed by atoms with Crippen LogP contribution in [-0.4, -0.2) is 49.4 Å². The summed E-state index contributed by atoms with van der Waals surface area (Å²) in [6, 6.07) is 0.407. The van der Waals surface area contributed by atoms with Crippen molar-refractivity contribution in [2.24, 2.45) is 11.8 Å². The van der Waals surface area contributed by atoms with Crippen LogP contribution in [0.4, 0.5) is 0 Å². The van der Waals surface area contributed by atoms with E-state index in [0.29, 0.717) is 17.9 Å². The first kappa shape index (κ1) is 16.7. The second-order valence-electron chi connectivity index (χ2n) is 7.29. The fourth-order valence-corrected chi connectivity index (χ4v) is 4.89. The highest BCUT2D eigenvalue weighted by atomic mass is 32.2. The molecule has 1 aromatic rings. The maximum Gasteiger partial charge on any atom is 0.235 e. The standard InChI is InChI=1S/C16H27N5OS/c1-11-8-12(2)10-20(9-11)15(22)13(3)23-16-17-18-19-21(16)14-6-4-5-7-14/h11-14H,4-10H2,1-3H3.